The molecule has 3 N–H and O–H groups in total. The number of anilines is 2. The van der Waals surface area contributed by atoms with Crippen LogP contribution in [0.2, 0.25) is 5.15 Å². The number of aliphatic imine (C=N–C) groups is 1. The van der Waals surface area contributed by atoms with Crippen LogP contribution in [-0.2, 0) is 75.6 Å². The molecule has 0 saturated carbocycles. The normalized spacial score (nSPS) is 17.2. The van der Waals surface area contributed by atoms with Gasteiger partial charge in [-0.2, -0.15) is 0 Å². The van der Waals surface area contributed by atoms with Crippen molar-refractivity contribution in [3.63, 3.8) is 0 Å². The number of carbonyl (C=O) groups is 2. The molecule has 19 heteroatoms. The van der Waals surface area contributed by atoms with Gasteiger partial charge in [0.15, 0.2) is 0 Å². The maximum Gasteiger partial charge on any atom is 0.223 e. The number of halogens is 1. The van der Waals surface area contributed by atoms with Crippen molar-refractivity contribution in [2.75, 3.05) is 42.4 Å². The van der Waals surface area contributed by atoms with Crippen molar-refractivity contribution in [3.8, 4) is 0 Å². The summed E-state index contributed by atoms with van der Waals surface area (Å²) in [5, 5.41) is 11.4. The Labute approximate surface area is 348 Å². The lowest BCUT2D eigenvalue weighted by Gasteiger charge is -2.23. The minimum Gasteiger partial charge on any atom is -0.356 e. The van der Waals surface area contributed by atoms with Gasteiger partial charge in [0.25, 0.3) is 0 Å². The summed E-state index contributed by atoms with van der Waals surface area (Å²) in [5.74, 6) is 0.508. The van der Waals surface area contributed by atoms with Crippen LogP contribution in [0.25, 0.3) is 22.1 Å². The van der Waals surface area contributed by atoms with E-state index in [1.165, 1.54) is 30.1 Å². The number of fused-ring (bicyclic) bond motifs is 7. The first-order valence-corrected chi connectivity index (χ1v) is 24.2. The van der Waals surface area contributed by atoms with E-state index in [4.69, 9.17) is 11.6 Å². The van der Waals surface area contributed by atoms with Crippen LogP contribution in [0, 0.1) is 11.8 Å². The highest BCUT2D eigenvalue weighted by atomic mass is 35.5. The lowest BCUT2D eigenvalue weighted by molar-refractivity contribution is -0.126. The number of hydrogen-bond donors (Lipinski definition) is 3. The van der Waals surface area contributed by atoms with Crippen LogP contribution in [0.15, 0.2) is 35.8 Å². The molecule has 1 aliphatic heterocycles. The lowest BCUT2D eigenvalue weighted by atomic mass is 9.86. The predicted molar refractivity (Wildman–Crippen MR) is 229 cm³/mol. The average Bonchev–Trinajstić information content (AvgIpc) is 3.87. The molecule has 2 unspecified atom stereocenters. The topological polar surface area (TPSA) is 212 Å². The fourth-order valence-corrected chi connectivity index (χ4v) is 9.94. The van der Waals surface area contributed by atoms with Crippen molar-refractivity contribution >= 4 is 82.9 Å². The van der Waals surface area contributed by atoms with E-state index >= 15 is 0 Å². The first-order chi connectivity index (χ1) is 28.1. The predicted octanol–water partition coefficient (Wildman–Crippen LogP) is 3.58. The Kier molecular flexibility index (Phi) is 12.4. The van der Waals surface area contributed by atoms with Gasteiger partial charge in [0.05, 0.1) is 28.8 Å². The second-order valence-electron chi connectivity index (χ2n) is 15.7. The zero-order valence-corrected chi connectivity index (χ0v) is 36.0. The Morgan fingerprint density at radius 2 is 1.32 bits per heavy atom. The molecule has 4 aromatic heterocycles. The molecule has 16 nitrogen and oxygen atoms in total. The number of nitrogens with zero attached hydrogens (tertiary/aromatic N) is 7. The summed E-state index contributed by atoms with van der Waals surface area (Å²) in [6.07, 6.45) is 12.4. The highest BCUT2D eigenvalue weighted by Crippen LogP contribution is 2.38. The van der Waals surface area contributed by atoms with Gasteiger partial charge >= 0.3 is 0 Å². The standard InChI is InChI=1S/C24H28N6O3S.C16H21ClN4O3S/c1-30-20-7-5-15(24(31)26-8-3-9-34(2,32)33)11-19(20)21-22(27-14-28-23(21)30)29-18-6-4-16-12-25-13-17(16)10-18;1-21-12-5-4-10(16(22)18-6-3-7-25(2,23)24)8-11(12)13-14(17)19-9-20-15(13)21/h4,6,10,13-15H,3,5,7-9,11-12H2,1-2H3,(H,26,31)(H,27,28,29);9-10H,3-8H2,1-2H3,(H,18,22). The zero-order chi connectivity index (χ0) is 42.1. The molecule has 0 fully saturated rings. The van der Waals surface area contributed by atoms with Gasteiger partial charge in [-0.15, -0.1) is 0 Å². The van der Waals surface area contributed by atoms with Gasteiger partial charge in [0.1, 0.15) is 54.6 Å². The molecular weight excluding hydrogens is 816 g/mol. The molecule has 0 radical (unpaired) electrons. The van der Waals surface area contributed by atoms with Crippen molar-refractivity contribution in [2.24, 2.45) is 30.9 Å². The van der Waals surface area contributed by atoms with E-state index in [9.17, 15) is 26.4 Å². The van der Waals surface area contributed by atoms with Crippen molar-refractivity contribution in [3.05, 3.63) is 69.6 Å². The van der Waals surface area contributed by atoms with Gasteiger partial charge < -0.3 is 25.1 Å². The average molecular weight is 865 g/mol. The minimum absolute atomic E-state index is 0.0274. The summed E-state index contributed by atoms with van der Waals surface area (Å²) in [5.41, 5.74) is 9.37. The van der Waals surface area contributed by atoms with Crippen LogP contribution in [0.5, 0.6) is 0 Å². The molecule has 2 aliphatic carbocycles. The van der Waals surface area contributed by atoms with Crippen LogP contribution >= 0.6 is 11.6 Å². The van der Waals surface area contributed by atoms with Crippen LogP contribution < -0.4 is 16.0 Å². The van der Waals surface area contributed by atoms with Crippen molar-refractivity contribution in [1.82, 2.24) is 39.7 Å². The number of rotatable bonds is 12. The summed E-state index contributed by atoms with van der Waals surface area (Å²) in [6.45, 7) is 1.45. The highest BCUT2D eigenvalue weighted by Gasteiger charge is 2.32. The van der Waals surface area contributed by atoms with Crippen LogP contribution in [0.1, 0.15) is 59.3 Å². The Balaban J connectivity index is 0.000000188. The lowest BCUT2D eigenvalue weighted by Crippen LogP contribution is -2.35. The maximum atomic E-state index is 12.8. The second kappa shape index (κ2) is 17.3. The molecular formula is C40H49ClN10O6S2. The van der Waals surface area contributed by atoms with Crippen molar-refractivity contribution in [1.29, 1.82) is 0 Å². The number of aryl methyl sites for hydroxylation is 2. The molecule has 3 aliphatic rings. The zero-order valence-electron chi connectivity index (χ0n) is 33.6. The molecule has 8 rings (SSSR count). The largest absolute Gasteiger partial charge is 0.356 e. The summed E-state index contributed by atoms with van der Waals surface area (Å²) in [4.78, 5) is 47.0. The molecule has 2 atom stereocenters. The molecule has 59 heavy (non-hydrogen) atoms. The van der Waals surface area contributed by atoms with E-state index in [0.29, 0.717) is 43.9 Å². The SMILES string of the molecule is Cn1c2c(c3c(Cl)ncnc31)CC(C(=O)NCCCS(C)(=O)=O)CC2.Cn1c2c(c3c(Nc4ccc5c(c4)C=NC5)ncnc31)CC(C(=O)NCCCS(C)(=O)=O)CC2. The first-order valence-electron chi connectivity index (χ1n) is 19.7. The maximum absolute atomic E-state index is 12.8. The van der Waals surface area contributed by atoms with Crippen LogP contribution in [0.4, 0.5) is 11.5 Å². The number of hydrogen-bond acceptors (Lipinski definition) is 12. The van der Waals surface area contributed by atoms with E-state index < -0.39 is 19.7 Å². The number of sulfone groups is 2. The second-order valence-corrected chi connectivity index (χ2v) is 20.6. The summed E-state index contributed by atoms with van der Waals surface area (Å²) in [6, 6.07) is 6.18. The highest BCUT2D eigenvalue weighted by molar-refractivity contribution is 7.90. The van der Waals surface area contributed by atoms with E-state index in [1.807, 2.05) is 30.9 Å². The smallest absolute Gasteiger partial charge is 0.223 e. The number of carbonyl (C=O) groups excluding carboxylic acids is 2. The fourth-order valence-electron chi connectivity index (χ4n) is 8.36. The molecule has 5 heterocycles. The molecule has 1 aromatic carbocycles. The number of benzene rings is 1. The van der Waals surface area contributed by atoms with Gasteiger partial charge in [0.2, 0.25) is 11.8 Å². The Morgan fingerprint density at radius 1 is 0.780 bits per heavy atom. The summed E-state index contributed by atoms with van der Waals surface area (Å²) in [7, 11) is -2.06. The molecule has 5 aromatic rings. The van der Waals surface area contributed by atoms with E-state index in [0.717, 1.165) is 88.2 Å². The molecule has 0 saturated heterocycles. The third-order valence-corrected chi connectivity index (χ3v) is 13.7. The fraction of sp³-hybridized carbons (Fsp3) is 0.475. The summed E-state index contributed by atoms with van der Waals surface area (Å²) < 4.78 is 49.0. The van der Waals surface area contributed by atoms with Gasteiger partial charge in [-0.3, -0.25) is 14.6 Å². The third-order valence-electron chi connectivity index (χ3n) is 11.3. The number of nitrogens with one attached hydrogen (secondary N) is 3. The quantitative estimate of drug-likeness (QED) is 0.122. The van der Waals surface area contributed by atoms with Crippen molar-refractivity contribution in [2.45, 2.75) is 57.9 Å². The van der Waals surface area contributed by atoms with E-state index in [-0.39, 0.29) is 35.2 Å². The van der Waals surface area contributed by atoms with Crippen molar-refractivity contribution < 1.29 is 26.4 Å². The number of amides is 2. The molecule has 0 spiro atoms. The minimum atomic E-state index is -3.02. The molecule has 0 bridgehead atoms. The monoisotopic (exact) mass is 864 g/mol. The number of aromatic nitrogens is 6. The Morgan fingerprint density at radius 3 is 1.90 bits per heavy atom. The molecule has 314 valence electrons. The first kappa shape index (κ1) is 42.2. The summed E-state index contributed by atoms with van der Waals surface area (Å²) >= 11 is 6.26. The van der Waals surface area contributed by atoms with Gasteiger partial charge in [-0.25, -0.2) is 36.8 Å². The van der Waals surface area contributed by atoms with Gasteiger partial charge in [-0.05, 0) is 85.8 Å². The van der Waals surface area contributed by atoms with Gasteiger partial charge in [0, 0.05) is 74.8 Å². The Bertz CT molecular complexity index is 2690. The van der Waals surface area contributed by atoms with E-state index in [1.54, 1.807) is 6.33 Å². The third kappa shape index (κ3) is 9.60. The molecule has 2 amide bonds. The van der Waals surface area contributed by atoms with E-state index in [2.05, 4.69) is 57.6 Å². The van der Waals surface area contributed by atoms with Gasteiger partial charge in [-0.1, -0.05) is 17.7 Å². The van der Waals surface area contributed by atoms with Crippen LogP contribution in [0.3, 0.4) is 0 Å². The Hall–Kier alpha value is -4.94. The van der Waals surface area contributed by atoms with Crippen LogP contribution in [-0.4, -0.2) is 101 Å².